The van der Waals surface area contributed by atoms with Crippen molar-refractivity contribution in [2.75, 3.05) is 6.54 Å². The summed E-state index contributed by atoms with van der Waals surface area (Å²) in [5.41, 5.74) is 0.107. The number of carbonyl (C=O) groups is 2. The van der Waals surface area contributed by atoms with Crippen LogP contribution in [0.4, 0.5) is 13.2 Å². The fourth-order valence-corrected chi connectivity index (χ4v) is 3.96. The van der Waals surface area contributed by atoms with E-state index in [1.165, 1.54) is 41.3 Å². The Balaban J connectivity index is 1.78. The summed E-state index contributed by atoms with van der Waals surface area (Å²) in [5, 5.41) is 8.71. The summed E-state index contributed by atoms with van der Waals surface area (Å²) in [7, 11) is 0. The van der Waals surface area contributed by atoms with E-state index in [4.69, 9.17) is 21.7 Å². The third-order valence-corrected chi connectivity index (χ3v) is 5.30. The largest absolute Gasteiger partial charge is 0.573 e. The molecule has 158 valence electrons. The Morgan fingerprint density at radius 1 is 1.27 bits per heavy atom. The molecule has 2 aromatic rings. The van der Waals surface area contributed by atoms with Crippen LogP contribution in [0.5, 0.6) is 5.75 Å². The number of nitrogens with zero attached hydrogens (tertiary/aromatic N) is 1. The zero-order chi connectivity index (χ0) is 21.9. The summed E-state index contributed by atoms with van der Waals surface area (Å²) in [6, 6.07) is 8.53. The van der Waals surface area contributed by atoms with Crippen molar-refractivity contribution in [3.63, 3.8) is 0 Å². The molecule has 0 bridgehead atoms. The van der Waals surface area contributed by atoms with Crippen molar-refractivity contribution >= 4 is 46.3 Å². The highest BCUT2D eigenvalue weighted by atomic mass is 32.2. The van der Waals surface area contributed by atoms with Crippen molar-refractivity contribution in [2.24, 2.45) is 0 Å². The van der Waals surface area contributed by atoms with Gasteiger partial charge in [-0.3, -0.25) is 14.5 Å². The standard InChI is InChI=1S/C19H14F3NO5S2/c20-19(21,22)28-14-5-2-1-4-12(14)13-8-7-11(27-13)10-15-17(26)23(18(29)30-15)9-3-6-16(24)25/h1-2,4-5,7-8,10H,3,6,9H2,(H,24,25). The maximum absolute atomic E-state index is 12.6. The molecule has 6 nitrogen and oxygen atoms in total. The minimum atomic E-state index is -4.85. The van der Waals surface area contributed by atoms with E-state index >= 15 is 0 Å². The average molecular weight is 457 g/mol. The molecule has 0 radical (unpaired) electrons. The van der Waals surface area contributed by atoms with Crippen LogP contribution in [0, 0.1) is 0 Å². The monoisotopic (exact) mass is 457 g/mol. The van der Waals surface area contributed by atoms with Gasteiger partial charge in [0.15, 0.2) is 0 Å². The number of amides is 1. The number of furan rings is 1. The van der Waals surface area contributed by atoms with E-state index in [1.54, 1.807) is 6.07 Å². The maximum Gasteiger partial charge on any atom is 0.573 e. The number of thioether (sulfide) groups is 1. The van der Waals surface area contributed by atoms with E-state index < -0.39 is 18.1 Å². The lowest BCUT2D eigenvalue weighted by Gasteiger charge is -2.13. The predicted molar refractivity (Wildman–Crippen MR) is 108 cm³/mol. The Labute approximate surface area is 178 Å². The molecule has 3 rings (SSSR count). The first-order valence-corrected chi connectivity index (χ1v) is 9.78. The van der Waals surface area contributed by atoms with Crippen LogP contribution < -0.4 is 4.74 Å². The molecule has 0 atom stereocenters. The number of hydrogen-bond acceptors (Lipinski definition) is 6. The Bertz CT molecular complexity index is 1020. The molecule has 1 aliphatic heterocycles. The van der Waals surface area contributed by atoms with Crippen LogP contribution in [0.25, 0.3) is 17.4 Å². The second kappa shape index (κ2) is 8.92. The molecule has 11 heteroatoms. The third kappa shape index (κ3) is 5.42. The van der Waals surface area contributed by atoms with Gasteiger partial charge in [0.1, 0.15) is 21.6 Å². The van der Waals surface area contributed by atoms with Crippen LogP contribution in [-0.4, -0.2) is 39.1 Å². The highest BCUT2D eigenvalue weighted by Crippen LogP contribution is 2.37. The van der Waals surface area contributed by atoms with Gasteiger partial charge in [-0.05, 0) is 30.7 Å². The Kier molecular flexibility index (Phi) is 6.52. The molecule has 1 aliphatic rings. The number of thiocarbonyl (C=S) groups is 1. The molecule has 1 fully saturated rings. The lowest BCUT2D eigenvalue weighted by Crippen LogP contribution is -2.29. The van der Waals surface area contributed by atoms with Crippen LogP contribution in [0.3, 0.4) is 0 Å². The molecule has 0 unspecified atom stereocenters. The van der Waals surface area contributed by atoms with Crippen molar-refractivity contribution in [2.45, 2.75) is 19.2 Å². The molecule has 1 aromatic carbocycles. The van der Waals surface area contributed by atoms with Crippen LogP contribution in [0.1, 0.15) is 18.6 Å². The molecule has 0 spiro atoms. The quantitative estimate of drug-likeness (QED) is 0.467. The van der Waals surface area contributed by atoms with Gasteiger partial charge in [0.25, 0.3) is 5.91 Å². The van der Waals surface area contributed by atoms with E-state index in [0.717, 1.165) is 11.8 Å². The Morgan fingerprint density at radius 3 is 2.70 bits per heavy atom. The topological polar surface area (TPSA) is 80.0 Å². The second-order valence-corrected chi connectivity index (χ2v) is 7.75. The highest BCUT2D eigenvalue weighted by Gasteiger charge is 2.33. The lowest BCUT2D eigenvalue weighted by atomic mass is 10.1. The molecule has 0 aliphatic carbocycles. The summed E-state index contributed by atoms with van der Waals surface area (Å²) < 4.78 is 47.7. The van der Waals surface area contributed by atoms with Gasteiger partial charge in [-0.25, -0.2) is 0 Å². The number of para-hydroxylation sites is 1. The van der Waals surface area contributed by atoms with Gasteiger partial charge < -0.3 is 14.3 Å². The van der Waals surface area contributed by atoms with E-state index in [0.29, 0.717) is 4.32 Å². The average Bonchev–Trinajstić information content (AvgIpc) is 3.21. The zero-order valence-corrected chi connectivity index (χ0v) is 16.8. The summed E-state index contributed by atoms with van der Waals surface area (Å²) in [6.07, 6.45) is -3.24. The first-order chi connectivity index (χ1) is 14.1. The fraction of sp³-hybridized carbons (Fsp3) is 0.211. The first-order valence-electron chi connectivity index (χ1n) is 8.56. The van der Waals surface area contributed by atoms with E-state index in [1.807, 2.05) is 0 Å². The van der Waals surface area contributed by atoms with Crippen LogP contribution in [0.15, 0.2) is 45.7 Å². The minimum Gasteiger partial charge on any atom is -0.481 e. The molecule has 1 aromatic heterocycles. The van der Waals surface area contributed by atoms with E-state index in [-0.39, 0.29) is 47.3 Å². The number of ether oxygens (including phenoxy) is 1. The van der Waals surface area contributed by atoms with Crippen molar-refractivity contribution in [3.05, 3.63) is 47.1 Å². The molecule has 1 N–H and O–H groups in total. The number of carboxylic acids is 1. The lowest BCUT2D eigenvalue weighted by molar-refractivity contribution is -0.274. The third-order valence-electron chi connectivity index (χ3n) is 3.92. The molecular weight excluding hydrogens is 443 g/mol. The fourth-order valence-electron chi connectivity index (χ4n) is 2.67. The van der Waals surface area contributed by atoms with Crippen LogP contribution in [-0.2, 0) is 9.59 Å². The van der Waals surface area contributed by atoms with Gasteiger partial charge in [0.05, 0.1) is 10.5 Å². The highest BCUT2D eigenvalue weighted by molar-refractivity contribution is 8.26. The molecular formula is C19H14F3NO5S2. The van der Waals surface area contributed by atoms with Crippen molar-refractivity contribution < 1.29 is 37.0 Å². The predicted octanol–water partition coefficient (Wildman–Crippen LogP) is 4.91. The van der Waals surface area contributed by atoms with Gasteiger partial charge in [-0.2, -0.15) is 0 Å². The molecule has 2 heterocycles. The number of carbonyl (C=O) groups excluding carboxylic acids is 1. The van der Waals surface area contributed by atoms with Crippen molar-refractivity contribution in [1.29, 1.82) is 0 Å². The smallest absolute Gasteiger partial charge is 0.481 e. The normalized spacial score (nSPS) is 15.8. The second-order valence-electron chi connectivity index (χ2n) is 6.08. The molecule has 1 amide bonds. The zero-order valence-electron chi connectivity index (χ0n) is 15.1. The van der Waals surface area contributed by atoms with Gasteiger partial charge in [-0.15, -0.1) is 13.2 Å². The SMILES string of the molecule is O=C(O)CCCN1C(=O)C(=Cc2ccc(-c3ccccc3OC(F)(F)F)o2)SC1=S. The number of halogens is 3. The maximum atomic E-state index is 12.6. The van der Waals surface area contributed by atoms with E-state index in [2.05, 4.69) is 4.74 Å². The van der Waals surface area contributed by atoms with E-state index in [9.17, 15) is 22.8 Å². The molecule has 0 saturated carbocycles. The van der Waals surface area contributed by atoms with Gasteiger partial charge in [-0.1, -0.05) is 36.1 Å². The molecule has 30 heavy (non-hydrogen) atoms. The van der Waals surface area contributed by atoms with Crippen LogP contribution in [0.2, 0.25) is 0 Å². The number of hydrogen-bond donors (Lipinski definition) is 1. The minimum absolute atomic E-state index is 0.0863. The summed E-state index contributed by atoms with van der Waals surface area (Å²) >= 11 is 6.21. The van der Waals surface area contributed by atoms with Gasteiger partial charge >= 0.3 is 12.3 Å². The van der Waals surface area contributed by atoms with Gasteiger partial charge in [0.2, 0.25) is 0 Å². The Morgan fingerprint density at radius 2 is 2.00 bits per heavy atom. The summed E-state index contributed by atoms with van der Waals surface area (Å²) in [4.78, 5) is 24.7. The number of rotatable bonds is 7. The Hall–Kier alpha value is -2.79. The number of benzene rings is 1. The number of alkyl halides is 3. The van der Waals surface area contributed by atoms with Crippen molar-refractivity contribution in [3.8, 4) is 17.1 Å². The number of aliphatic carboxylic acids is 1. The number of carboxylic acid groups (broad SMARTS) is 1. The van der Waals surface area contributed by atoms with Crippen molar-refractivity contribution in [1.82, 2.24) is 4.90 Å². The van der Waals surface area contributed by atoms with Crippen LogP contribution >= 0.6 is 24.0 Å². The molecule has 1 saturated heterocycles. The van der Waals surface area contributed by atoms with Gasteiger partial charge in [0, 0.05) is 19.0 Å². The first kappa shape index (κ1) is 21.9. The summed E-state index contributed by atoms with van der Waals surface area (Å²) in [6.45, 7) is 0.180. The summed E-state index contributed by atoms with van der Waals surface area (Å²) in [5.74, 6) is -1.37.